The zero-order valence-corrected chi connectivity index (χ0v) is 19.5. The third kappa shape index (κ3) is 5.08. The number of fused-ring (bicyclic) bond motifs is 1. The van der Waals surface area contributed by atoms with Gasteiger partial charge in [-0.05, 0) is 87.2 Å². The molecular formula is C26H39N3O2. The van der Waals surface area contributed by atoms with Gasteiger partial charge < -0.3 is 19.9 Å². The Labute approximate surface area is 187 Å². The van der Waals surface area contributed by atoms with Crippen molar-refractivity contribution in [1.82, 2.24) is 9.80 Å². The van der Waals surface area contributed by atoms with Gasteiger partial charge in [0.15, 0.2) is 0 Å². The number of carbonyl (C=O) groups excluding carboxylic acids is 1. The molecule has 5 heteroatoms. The van der Waals surface area contributed by atoms with Gasteiger partial charge in [0.25, 0.3) is 0 Å². The summed E-state index contributed by atoms with van der Waals surface area (Å²) in [4.78, 5) is 17.8. The van der Waals surface area contributed by atoms with Crippen LogP contribution in [-0.4, -0.2) is 55.2 Å². The number of anilines is 1. The summed E-state index contributed by atoms with van der Waals surface area (Å²) in [5.74, 6) is 2.28. The third-order valence-electron chi connectivity index (χ3n) is 7.79. The van der Waals surface area contributed by atoms with Gasteiger partial charge in [0.1, 0.15) is 5.75 Å². The molecule has 3 aliphatic carbocycles. The van der Waals surface area contributed by atoms with Gasteiger partial charge in [0, 0.05) is 25.3 Å². The Balaban J connectivity index is 1.42. The molecule has 1 aromatic carbocycles. The zero-order chi connectivity index (χ0) is 21.8. The van der Waals surface area contributed by atoms with E-state index in [1.165, 1.54) is 37.7 Å². The van der Waals surface area contributed by atoms with Gasteiger partial charge in [-0.15, -0.1) is 0 Å². The summed E-state index contributed by atoms with van der Waals surface area (Å²) in [6, 6.07) is 7.67. The molecule has 2 bridgehead atoms. The second-order valence-electron chi connectivity index (χ2n) is 10.0. The average molecular weight is 426 g/mol. The van der Waals surface area contributed by atoms with E-state index in [-0.39, 0.29) is 6.03 Å². The maximum atomic E-state index is 13.3. The van der Waals surface area contributed by atoms with E-state index in [0.717, 1.165) is 50.1 Å². The van der Waals surface area contributed by atoms with E-state index in [4.69, 9.17) is 4.74 Å². The van der Waals surface area contributed by atoms with Gasteiger partial charge in [0.05, 0.1) is 6.61 Å². The highest BCUT2D eigenvalue weighted by Crippen LogP contribution is 2.59. The first-order chi connectivity index (χ1) is 15.0. The highest BCUT2D eigenvalue weighted by molar-refractivity contribution is 5.89. The molecular weight excluding hydrogens is 386 g/mol. The third-order valence-corrected chi connectivity index (χ3v) is 7.79. The minimum atomic E-state index is 0.00122. The number of ether oxygens (including phenoxy) is 1. The van der Waals surface area contributed by atoms with Gasteiger partial charge in [-0.2, -0.15) is 0 Å². The molecule has 31 heavy (non-hydrogen) atoms. The van der Waals surface area contributed by atoms with Gasteiger partial charge in [-0.25, -0.2) is 4.79 Å². The summed E-state index contributed by atoms with van der Waals surface area (Å²) in [5.41, 5.74) is 2.67. The summed E-state index contributed by atoms with van der Waals surface area (Å²) >= 11 is 0. The number of likely N-dealkylation sites (tertiary alicyclic amines) is 1. The van der Waals surface area contributed by atoms with Crippen molar-refractivity contribution < 1.29 is 9.53 Å². The molecule has 1 heterocycles. The van der Waals surface area contributed by atoms with Crippen molar-refractivity contribution in [1.29, 1.82) is 0 Å². The van der Waals surface area contributed by atoms with E-state index in [9.17, 15) is 4.79 Å². The van der Waals surface area contributed by atoms with Crippen molar-refractivity contribution >= 4 is 11.7 Å². The van der Waals surface area contributed by atoms with E-state index in [2.05, 4.69) is 30.1 Å². The highest BCUT2D eigenvalue weighted by Gasteiger charge is 2.51. The van der Waals surface area contributed by atoms with E-state index < -0.39 is 0 Å². The lowest BCUT2D eigenvalue weighted by atomic mass is 9.49. The lowest BCUT2D eigenvalue weighted by Gasteiger charge is -2.57. The molecule has 1 aromatic rings. The summed E-state index contributed by atoms with van der Waals surface area (Å²) in [7, 11) is 0. The van der Waals surface area contributed by atoms with E-state index in [0.29, 0.717) is 17.9 Å². The highest BCUT2D eigenvalue weighted by atomic mass is 16.5. The molecule has 2 fully saturated rings. The van der Waals surface area contributed by atoms with Crippen LogP contribution in [0.3, 0.4) is 0 Å². The number of hydrogen-bond donors (Lipinski definition) is 1. The number of benzene rings is 1. The molecule has 1 aliphatic heterocycles. The molecule has 2 unspecified atom stereocenters. The van der Waals surface area contributed by atoms with E-state index in [1.807, 2.05) is 36.1 Å². The summed E-state index contributed by atoms with van der Waals surface area (Å²) in [6.45, 7) is 12.2. The molecule has 170 valence electrons. The minimum Gasteiger partial charge on any atom is -0.494 e. The van der Waals surface area contributed by atoms with Crippen LogP contribution in [0.4, 0.5) is 10.5 Å². The van der Waals surface area contributed by atoms with Gasteiger partial charge in [-0.1, -0.05) is 31.9 Å². The molecule has 1 N–H and O–H groups in total. The Morgan fingerprint density at radius 2 is 1.94 bits per heavy atom. The van der Waals surface area contributed by atoms with Crippen molar-refractivity contribution in [3.63, 3.8) is 0 Å². The summed E-state index contributed by atoms with van der Waals surface area (Å²) in [5, 5.41) is 3.12. The van der Waals surface area contributed by atoms with Crippen LogP contribution in [0.5, 0.6) is 5.75 Å². The van der Waals surface area contributed by atoms with E-state index in [1.54, 1.807) is 0 Å². The van der Waals surface area contributed by atoms with Gasteiger partial charge >= 0.3 is 6.03 Å². The fourth-order valence-electron chi connectivity index (χ4n) is 5.58. The number of carbonyl (C=O) groups is 1. The Kier molecular flexibility index (Phi) is 6.90. The van der Waals surface area contributed by atoms with Crippen LogP contribution in [0.15, 0.2) is 35.9 Å². The number of piperidine rings is 1. The fraction of sp³-hybridized carbons (Fsp3) is 0.654. The lowest BCUT2D eigenvalue weighted by molar-refractivity contribution is -0.00966. The second-order valence-corrected chi connectivity index (χ2v) is 10.0. The molecule has 1 saturated heterocycles. The molecule has 0 aromatic heterocycles. The van der Waals surface area contributed by atoms with Crippen LogP contribution in [-0.2, 0) is 0 Å². The predicted octanol–water partition coefficient (Wildman–Crippen LogP) is 5.40. The smallest absolute Gasteiger partial charge is 0.322 e. The molecule has 0 spiro atoms. The predicted molar refractivity (Wildman–Crippen MR) is 127 cm³/mol. The van der Waals surface area contributed by atoms with Crippen molar-refractivity contribution in [2.24, 2.45) is 17.3 Å². The topological polar surface area (TPSA) is 44.8 Å². The Morgan fingerprint density at radius 3 is 2.58 bits per heavy atom. The molecule has 5 nitrogen and oxygen atoms in total. The van der Waals surface area contributed by atoms with Gasteiger partial charge in [-0.3, -0.25) is 0 Å². The Morgan fingerprint density at radius 1 is 1.19 bits per heavy atom. The number of allylic oxidation sites excluding steroid dienone is 1. The van der Waals surface area contributed by atoms with Crippen LogP contribution in [0.2, 0.25) is 0 Å². The molecule has 4 aliphatic rings. The zero-order valence-electron chi connectivity index (χ0n) is 19.5. The standard InChI is InChI=1S/C26H39N3O2/c1-4-31-23-12-10-22(11-13-23)27-25(30)29(17-16-28-14-6-5-7-15-28)19-20-8-9-21-18-24(20)26(21,2)3/h8,10-13,21,24H,4-7,9,14-19H2,1-3H3,(H,27,30). The lowest BCUT2D eigenvalue weighted by Crippen LogP contribution is -2.51. The number of nitrogens with zero attached hydrogens (tertiary/aromatic N) is 2. The van der Waals surface area contributed by atoms with Crippen molar-refractivity contribution in [2.75, 3.05) is 44.6 Å². The van der Waals surface area contributed by atoms with Crippen LogP contribution >= 0.6 is 0 Å². The monoisotopic (exact) mass is 425 g/mol. The first-order valence-corrected chi connectivity index (χ1v) is 12.2. The molecule has 1 saturated carbocycles. The molecule has 0 radical (unpaired) electrons. The van der Waals surface area contributed by atoms with Crippen molar-refractivity contribution in [3.8, 4) is 5.75 Å². The number of urea groups is 1. The van der Waals surface area contributed by atoms with Gasteiger partial charge in [0.2, 0.25) is 0 Å². The first-order valence-electron chi connectivity index (χ1n) is 12.2. The number of rotatable bonds is 8. The van der Waals surface area contributed by atoms with Crippen LogP contribution < -0.4 is 10.1 Å². The average Bonchev–Trinajstić information content (AvgIpc) is 2.78. The SMILES string of the molecule is CCOc1ccc(NC(=O)N(CCN2CCCCC2)CC2=CCC3CC2C3(C)C)cc1. The quantitative estimate of drug-likeness (QED) is 0.567. The fourth-order valence-corrected chi connectivity index (χ4v) is 5.58. The normalized spacial score (nSPS) is 24.7. The van der Waals surface area contributed by atoms with Crippen molar-refractivity contribution in [3.05, 3.63) is 35.9 Å². The van der Waals surface area contributed by atoms with Crippen LogP contribution in [0, 0.1) is 17.3 Å². The number of amides is 2. The minimum absolute atomic E-state index is 0.00122. The maximum absolute atomic E-state index is 13.3. The maximum Gasteiger partial charge on any atom is 0.322 e. The summed E-state index contributed by atoms with van der Waals surface area (Å²) < 4.78 is 5.52. The summed E-state index contributed by atoms with van der Waals surface area (Å²) in [6.07, 6.45) is 8.77. The van der Waals surface area contributed by atoms with Crippen LogP contribution in [0.25, 0.3) is 0 Å². The van der Waals surface area contributed by atoms with Crippen LogP contribution in [0.1, 0.15) is 52.9 Å². The molecule has 2 atom stereocenters. The second kappa shape index (κ2) is 9.64. The molecule has 2 amide bonds. The number of nitrogens with one attached hydrogen (secondary N) is 1. The van der Waals surface area contributed by atoms with E-state index >= 15 is 0 Å². The van der Waals surface area contributed by atoms with Crippen molar-refractivity contribution in [2.45, 2.75) is 52.9 Å². The first kappa shape index (κ1) is 22.2. The number of hydrogen-bond acceptors (Lipinski definition) is 3. The Hall–Kier alpha value is -2.01. The molecule has 5 rings (SSSR count). The Bertz CT molecular complexity index is 780. The largest absolute Gasteiger partial charge is 0.494 e.